The zero-order valence-corrected chi connectivity index (χ0v) is 20.0. The number of hydrogen-bond donors (Lipinski definition) is 1. The molecule has 0 spiro atoms. The number of thiophene rings is 1. The largest absolute Gasteiger partial charge is 0.481 e. The summed E-state index contributed by atoms with van der Waals surface area (Å²) in [6, 6.07) is 5.94. The van der Waals surface area contributed by atoms with Crippen LogP contribution in [0.1, 0.15) is 43.6 Å². The number of hydrogen-bond acceptors (Lipinski definition) is 7. The van der Waals surface area contributed by atoms with E-state index < -0.39 is 0 Å². The summed E-state index contributed by atoms with van der Waals surface area (Å²) in [7, 11) is 2.93. The molecule has 168 valence electrons. The van der Waals surface area contributed by atoms with Gasteiger partial charge in [-0.3, -0.25) is 0 Å². The molecule has 1 N–H and O–H groups in total. The van der Waals surface area contributed by atoms with Gasteiger partial charge in [0.05, 0.1) is 42.6 Å². The van der Waals surface area contributed by atoms with E-state index in [-0.39, 0.29) is 5.97 Å². The number of imidazole rings is 1. The van der Waals surface area contributed by atoms with Crippen LogP contribution in [0.15, 0.2) is 18.3 Å². The van der Waals surface area contributed by atoms with Crippen molar-refractivity contribution in [2.24, 2.45) is 0 Å². The van der Waals surface area contributed by atoms with E-state index >= 15 is 0 Å². The molecule has 33 heavy (non-hydrogen) atoms. The van der Waals surface area contributed by atoms with Crippen molar-refractivity contribution in [2.75, 3.05) is 14.2 Å². The monoisotopic (exact) mass is 461 g/mol. The molecule has 0 fully saturated rings. The van der Waals surface area contributed by atoms with E-state index in [9.17, 15) is 10.1 Å². The molecule has 0 bridgehead atoms. The molecule has 0 aliphatic rings. The quantitative estimate of drug-likeness (QED) is 0.335. The lowest BCUT2D eigenvalue weighted by molar-refractivity contribution is 0.0600. The highest BCUT2D eigenvalue weighted by Crippen LogP contribution is 2.35. The molecule has 0 aliphatic carbocycles. The average molecular weight is 462 g/mol. The van der Waals surface area contributed by atoms with E-state index in [2.05, 4.69) is 21.0 Å². The Balaban J connectivity index is 1.82. The van der Waals surface area contributed by atoms with Gasteiger partial charge < -0.3 is 19.0 Å². The third-order valence-corrected chi connectivity index (χ3v) is 6.85. The molecule has 4 heterocycles. The minimum Gasteiger partial charge on any atom is -0.481 e. The number of nitrogens with one attached hydrogen (secondary N) is 1. The minimum absolute atomic E-state index is 0.361. The van der Waals surface area contributed by atoms with Gasteiger partial charge in [0.1, 0.15) is 16.9 Å². The van der Waals surface area contributed by atoms with E-state index in [0.717, 1.165) is 32.4 Å². The highest BCUT2D eigenvalue weighted by atomic mass is 32.1. The number of allylic oxidation sites excluding steroid dienone is 1. The maximum atomic E-state index is 12.5. The number of H-pyrrole nitrogens is 1. The van der Waals surface area contributed by atoms with Gasteiger partial charge in [-0.05, 0) is 51.0 Å². The number of aromatic amines is 1. The van der Waals surface area contributed by atoms with Crippen LogP contribution in [0.4, 0.5) is 0 Å². The van der Waals surface area contributed by atoms with Crippen LogP contribution in [-0.4, -0.2) is 39.7 Å². The van der Waals surface area contributed by atoms with Crippen molar-refractivity contribution in [1.82, 2.24) is 19.5 Å². The Morgan fingerprint density at radius 3 is 2.67 bits per heavy atom. The second-order valence-corrected chi connectivity index (χ2v) is 8.82. The molecule has 4 aromatic heterocycles. The van der Waals surface area contributed by atoms with Crippen molar-refractivity contribution in [3.63, 3.8) is 0 Å². The fourth-order valence-corrected chi connectivity index (χ4v) is 5.05. The van der Waals surface area contributed by atoms with E-state index in [4.69, 9.17) is 9.47 Å². The van der Waals surface area contributed by atoms with Crippen LogP contribution in [0.25, 0.3) is 27.7 Å². The average Bonchev–Trinajstić information content (AvgIpc) is 3.44. The lowest BCUT2D eigenvalue weighted by atomic mass is 10.1. The van der Waals surface area contributed by atoms with E-state index in [1.54, 1.807) is 36.8 Å². The molecular weight excluding hydrogens is 438 g/mol. The molecule has 0 amide bonds. The van der Waals surface area contributed by atoms with Crippen molar-refractivity contribution in [3.8, 4) is 17.0 Å². The Morgan fingerprint density at radius 2 is 2.00 bits per heavy atom. The second-order valence-electron chi connectivity index (χ2n) is 7.62. The number of methoxy groups -OCH3 is 2. The van der Waals surface area contributed by atoms with Crippen molar-refractivity contribution in [1.29, 1.82) is 5.26 Å². The van der Waals surface area contributed by atoms with Crippen molar-refractivity contribution < 1.29 is 14.3 Å². The van der Waals surface area contributed by atoms with E-state index in [1.165, 1.54) is 7.11 Å². The minimum atomic E-state index is -0.361. The van der Waals surface area contributed by atoms with Crippen LogP contribution in [0.2, 0.25) is 0 Å². The highest BCUT2D eigenvalue weighted by Gasteiger charge is 2.24. The lowest BCUT2D eigenvalue weighted by Gasteiger charge is -2.10. The number of nitrogens with zero attached hydrogens (tertiary/aromatic N) is 4. The van der Waals surface area contributed by atoms with Crippen molar-refractivity contribution in [3.05, 3.63) is 57.1 Å². The van der Waals surface area contributed by atoms with Crippen LogP contribution in [-0.2, 0) is 4.74 Å². The van der Waals surface area contributed by atoms with Crippen molar-refractivity contribution >= 4 is 40.0 Å². The Morgan fingerprint density at radius 1 is 1.24 bits per heavy atom. The van der Waals surface area contributed by atoms with Crippen LogP contribution >= 0.6 is 11.3 Å². The normalized spacial score (nSPS) is 11.6. The SMILES string of the molecule is COC(=O)c1c(-n2c(C)cc(/C=C(\C#N)c3nc4cc(OC)ncc4[nH]3)c2C)sc(C)c1C. The van der Waals surface area contributed by atoms with Crippen LogP contribution < -0.4 is 4.74 Å². The van der Waals surface area contributed by atoms with Gasteiger partial charge in [-0.2, -0.15) is 5.26 Å². The fraction of sp³-hybridized carbons (Fsp3) is 0.250. The number of carbonyl (C=O) groups is 1. The summed E-state index contributed by atoms with van der Waals surface area (Å²) in [6.45, 7) is 7.85. The number of fused-ring (bicyclic) bond motifs is 1. The number of carbonyl (C=O) groups excluding carboxylic acids is 1. The van der Waals surface area contributed by atoms with Gasteiger partial charge in [0.2, 0.25) is 5.88 Å². The second kappa shape index (κ2) is 8.56. The molecule has 4 aromatic rings. The first-order valence-corrected chi connectivity index (χ1v) is 11.0. The first-order valence-electron chi connectivity index (χ1n) is 10.2. The summed E-state index contributed by atoms with van der Waals surface area (Å²) in [6.07, 6.45) is 3.42. The highest BCUT2D eigenvalue weighted by molar-refractivity contribution is 7.15. The summed E-state index contributed by atoms with van der Waals surface area (Å²) in [5, 5.41) is 10.7. The molecular formula is C24H23N5O3S. The van der Waals surface area contributed by atoms with Crippen molar-refractivity contribution in [2.45, 2.75) is 27.7 Å². The number of esters is 1. The van der Waals surface area contributed by atoms with Crippen LogP contribution in [0.5, 0.6) is 5.88 Å². The smallest absolute Gasteiger partial charge is 0.341 e. The molecule has 0 atom stereocenters. The topological polar surface area (TPSA) is 106 Å². The number of nitriles is 1. The van der Waals surface area contributed by atoms with Gasteiger partial charge in [-0.1, -0.05) is 0 Å². The Hall–Kier alpha value is -3.90. The maximum Gasteiger partial charge on any atom is 0.341 e. The molecule has 4 rings (SSSR count). The summed E-state index contributed by atoms with van der Waals surface area (Å²) < 4.78 is 12.2. The van der Waals surface area contributed by atoms with E-state index in [0.29, 0.717) is 33.9 Å². The molecule has 0 saturated heterocycles. The molecule has 0 saturated carbocycles. The number of aromatic nitrogens is 4. The maximum absolute atomic E-state index is 12.5. The summed E-state index contributed by atoms with van der Waals surface area (Å²) in [5.74, 6) is 0.542. The molecule has 9 heteroatoms. The first kappa shape index (κ1) is 22.3. The number of rotatable bonds is 5. The van der Waals surface area contributed by atoms with Gasteiger partial charge >= 0.3 is 5.97 Å². The number of aryl methyl sites for hydroxylation is 2. The summed E-state index contributed by atoms with van der Waals surface area (Å²) >= 11 is 1.55. The third kappa shape index (κ3) is 3.79. The molecule has 0 radical (unpaired) electrons. The summed E-state index contributed by atoms with van der Waals surface area (Å²) in [5.41, 5.74) is 5.96. The molecule has 0 aromatic carbocycles. The predicted octanol–water partition coefficient (Wildman–Crippen LogP) is 4.90. The number of pyridine rings is 1. The van der Waals surface area contributed by atoms with Gasteiger partial charge in [-0.25, -0.2) is 14.8 Å². The first-order chi connectivity index (χ1) is 15.8. The molecule has 0 unspecified atom stereocenters. The fourth-order valence-electron chi connectivity index (χ4n) is 3.79. The van der Waals surface area contributed by atoms with Gasteiger partial charge in [0.15, 0.2) is 0 Å². The molecule has 8 nitrogen and oxygen atoms in total. The third-order valence-electron chi connectivity index (χ3n) is 5.66. The zero-order chi connectivity index (χ0) is 23.9. The van der Waals surface area contributed by atoms with Crippen LogP contribution in [0, 0.1) is 39.0 Å². The summed E-state index contributed by atoms with van der Waals surface area (Å²) in [4.78, 5) is 25.4. The lowest BCUT2D eigenvalue weighted by Crippen LogP contribution is -2.08. The zero-order valence-electron chi connectivity index (χ0n) is 19.2. The Bertz CT molecular complexity index is 1470. The van der Waals surface area contributed by atoms with Gasteiger partial charge in [0, 0.05) is 22.3 Å². The van der Waals surface area contributed by atoms with Crippen LogP contribution in [0.3, 0.4) is 0 Å². The van der Waals surface area contributed by atoms with E-state index in [1.807, 2.05) is 38.3 Å². The standard InChI is InChI=1S/C24H23N5O3S/c1-12-7-16(14(3)29(12)23-21(24(30)32-6)13(2)15(4)33-23)8-17(10-25)22-27-18-9-20(31-5)26-11-19(18)28-22/h7-9,11H,1-6H3,(H,27,28)/b17-8+. The van der Waals surface area contributed by atoms with Gasteiger partial charge in [0.25, 0.3) is 0 Å². The Labute approximate surface area is 195 Å². The van der Waals surface area contributed by atoms with Gasteiger partial charge in [-0.15, -0.1) is 11.3 Å². The predicted molar refractivity (Wildman–Crippen MR) is 128 cm³/mol. The number of ether oxygens (including phenoxy) is 2. The Kier molecular flexibility index (Phi) is 5.78. The molecule has 0 aliphatic heterocycles.